The number of ether oxygens (including phenoxy) is 1. The molecule has 2 aromatic heterocycles. The van der Waals surface area contributed by atoms with Crippen molar-refractivity contribution in [2.24, 2.45) is 10.2 Å². The molecule has 0 radical (unpaired) electrons. The van der Waals surface area contributed by atoms with E-state index in [-0.39, 0.29) is 12.5 Å². The summed E-state index contributed by atoms with van der Waals surface area (Å²) < 4.78 is 5.37. The maximum atomic E-state index is 12.1. The van der Waals surface area contributed by atoms with Crippen molar-refractivity contribution in [3.8, 4) is 5.75 Å². The van der Waals surface area contributed by atoms with Crippen molar-refractivity contribution in [3.63, 3.8) is 0 Å². The Balaban J connectivity index is 1.42. The summed E-state index contributed by atoms with van der Waals surface area (Å²) in [6.45, 7) is -0.223. The van der Waals surface area contributed by atoms with E-state index in [4.69, 9.17) is 4.74 Å². The lowest BCUT2D eigenvalue weighted by Gasteiger charge is -2.06. The fourth-order valence-corrected chi connectivity index (χ4v) is 2.18. The summed E-state index contributed by atoms with van der Waals surface area (Å²) in [5, 5.41) is 7.66. The third kappa shape index (κ3) is 6.64. The lowest BCUT2D eigenvalue weighted by atomic mass is 10.2. The molecule has 0 fully saturated rings. The third-order valence-electron chi connectivity index (χ3n) is 3.61. The first-order valence-electron chi connectivity index (χ1n) is 8.91. The van der Waals surface area contributed by atoms with Crippen LogP contribution in [0, 0.1) is 0 Å². The van der Waals surface area contributed by atoms with Gasteiger partial charge in [-0.3, -0.25) is 19.6 Å². The highest BCUT2D eigenvalue weighted by Gasteiger charge is 2.06. The number of hydrogen-bond donors (Lipinski definition) is 2. The monoisotopic (exact) mass is 402 g/mol. The lowest BCUT2D eigenvalue weighted by molar-refractivity contribution is -0.123. The normalized spacial score (nSPS) is 10.8. The molecule has 0 saturated carbocycles. The van der Waals surface area contributed by atoms with E-state index in [0.29, 0.717) is 22.7 Å². The summed E-state index contributed by atoms with van der Waals surface area (Å²) in [7, 11) is 0. The number of hydrogen-bond acceptors (Lipinski definition) is 7. The highest BCUT2D eigenvalue weighted by atomic mass is 16.5. The van der Waals surface area contributed by atoms with Crippen LogP contribution < -0.4 is 15.6 Å². The number of nitrogens with one attached hydrogen (secondary N) is 2. The van der Waals surface area contributed by atoms with Gasteiger partial charge in [-0.1, -0.05) is 12.1 Å². The number of rotatable bonds is 8. The van der Waals surface area contributed by atoms with Gasteiger partial charge in [0.05, 0.1) is 23.8 Å². The predicted molar refractivity (Wildman–Crippen MR) is 111 cm³/mol. The highest BCUT2D eigenvalue weighted by Crippen LogP contribution is 2.12. The van der Waals surface area contributed by atoms with E-state index in [1.54, 1.807) is 60.9 Å². The zero-order valence-electron chi connectivity index (χ0n) is 15.8. The van der Waals surface area contributed by atoms with Crippen LogP contribution in [0.15, 0.2) is 83.3 Å². The molecule has 2 amide bonds. The van der Waals surface area contributed by atoms with Gasteiger partial charge in [0.25, 0.3) is 11.8 Å². The van der Waals surface area contributed by atoms with Crippen LogP contribution in [0.25, 0.3) is 0 Å². The Hall–Kier alpha value is -4.40. The Labute approximate surface area is 172 Å². The van der Waals surface area contributed by atoms with E-state index in [2.05, 4.69) is 31.0 Å². The Morgan fingerprint density at radius 3 is 2.00 bits per heavy atom. The van der Waals surface area contributed by atoms with Crippen LogP contribution in [-0.2, 0) is 4.79 Å². The smallest absolute Gasteiger partial charge is 0.277 e. The molecule has 3 rings (SSSR count). The summed E-state index contributed by atoms with van der Waals surface area (Å²) in [6.07, 6.45) is 6.14. The van der Waals surface area contributed by atoms with E-state index >= 15 is 0 Å². The average molecular weight is 402 g/mol. The van der Waals surface area contributed by atoms with E-state index < -0.39 is 5.91 Å². The van der Waals surface area contributed by atoms with E-state index in [0.717, 1.165) is 0 Å². The molecule has 2 N–H and O–H groups in total. The molecule has 30 heavy (non-hydrogen) atoms. The fourth-order valence-electron chi connectivity index (χ4n) is 2.18. The minimum absolute atomic E-state index is 0.223. The number of pyridine rings is 2. The van der Waals surface area contributed by atoms with Gasteiger partial charge >= 0.3 is 0 Å². The van der Waals surface area contributed by atoms with Crippen molar-refractivity contribution in [2.75, 3.05) is 6.61 Å². The molecule has 3 aromatic rings. The van der Waals surface area contributed by atoms with Gasteiger partial charge in [0.15, 0.2) is 6.61 Å². The van der Waals surface area contributed by atoms with Crippen molar-refractivity contribution in [1.29, 1.82) is 0 Å². The zero-order valence-corrected chi connectivity index (χ0v) is 15.8. The maximum absolute atomic E-state index is 12.1. The standard InChI is InChI=1S/C21H18N6O3/c28-20(26-24-13-17-5-1-3-11-22-17)15-30-19-9-7-16(8-10-19)21(29)27-25-14-18-6-2-4-12-23-18/h1-14H,15H2,(H,26,28)(H,27,29)/b24-13-,25-14-. The maximum Gasteiger partial charge on any atom is 0.277 e. The molecule has 0 unspecified atom stereocenters. The van der Waals surface area contributed by atoms with Gasteiger partial charge in [-0.05, 0) is 48.5 Å². The van der Waals surface area contributed by atoms with Gasteiger partial charge in [-0.25, -0.2) is 10.9 Å². The number of benzene rings is 1. The molecule has 0 saturated heterocycles. The zero-order chi connectivity index (χ0) is 21.0. The number of amides is 2. The Kier molecular flexibility index (Phi) is 7.33. The van der Waals surface area contributed by atoms with Crippen LogP contribution in [0.2, 0.25) is 0 Å². The van der Waals surface area contributed by atoms with Gasteiger partial charge in [-0.2, -0.15) is 10.2 Å². The molecule has 0 aliphatic carbocycles. The summed E-state index contributed by atoms with van der Waals surface area (Å²) in [5.74, 6) is -0.365. The van der Waals surface area contributed by atoms with Crippen LogP contribution in [0.1, 0.15) is 21.7 Å². The molecule has 2 heterocycles. The molecule has 0 aliphatic heterocycles. The Morgan fingerprint density at radius 2 is 1.43 bits per heavy atom. The molecular weight excluding hydrogens is 384 g/mol. The second kappa shape index (κ2) is 10.8. The molecule has 0 atom stereocenters. The van der Waals surface area contributed by atoms with Gasteiger partial charge in [0.2, 0.25) is 0 Å². The Bertz CT molecular complexity index is 1020. The molecule has 1 aromatic carbocycles. The molecule has 0 spiro atoms. The lowest BCUT2D eigenvalue weighted by Crippen LogP contribution is -2.24. The average Bonchev–Trinajstić information content (AvgIpc) is 2.79. The second-order valence-electron chi connectivity index (χ2n) is 5.81. The predicted octanol–water partition coefficient (Wildman–Crippen LogP) is 1.77. The largest absolute Gasteiger partial charge is 0.484 e. The van der Waals surface area contributed by atoms with E-state index in [9.17, 15) is 9.59 Å². The molecule has 0 bridgehead atoms. The topological polar surface area (TPSA) is 118 Å². The third-order valence-corrected chi connectivity index (χ3v) is 3.61. The summed E-state index contributed by atoms with van der Waals surface area (Å²) in [5.41, 5.74) is 6.41. The number of carbonyl (C=O) groups is 2. The highest BCUT2D eigenvalue weighted by molar-refractivity contribution is 5.94. The van der Waals surface area contributed by atoms with Crippen LogP contribution in [0.5, 0.6) is 5.75 Å². The summed E-state index contributed by atoms with van der Waals surface area (Å²) in [6, 6.07) is 17.0. The van der Waals surface area contributed by atoms with Gasteiger partial charge < -0.3 is 4.74 Å². The molecular formula is C21H18N6O3. The number of nitrogens with zero attached hydrogens (tertiary/aromatic N) is 4. The number of hydrazone groups is 2. The number of aromatic nitrogens is 2. The van der Waals surface area contributed by atoms with Crippen LogP contribution >= 0.6 is 0 Å². The van der Waals surface area contributed by atoms with E-state index in [1.807, 2.05) is 12.1 Å². The quantitative estimate of drug-likeness (QED) is 0.440. The molecule has 9 nitrogen and oxygen atoms in total. The van der Waals surface area contributed by atoms with Crippen LogP contribution in [0.3, 0.4) is 0 Å². The summed E-state index contributed by atoms with van der Waals surface area (Å²) in [4.78, 5) is 32.0. The number of carbonyl (C=O) groups excluding carboxylic acids is 2. The first kappa shape index (κ1) is 20.3. The first-order valence-corrected chi connectivity index (χ1v) is 8.91. The minimum atomic E-state index is -0.423. The van der Waals surface area contributed by atoms with Gasteiger partial charge in [-0.15, -0.1) is 0 Å². The molecule has 0 aliphatic rings. The molecule has 9 heteroatoms. The fraction of sp³-hybridized carbons (Fsp3) is 0.0476. The van der Waals surface area contributed by atoms with Crippen LogP contribution in [-0.4, -0.2) is 40.8 Å². The van der Waals surface area contributed by atoms with Crippen molar-refractivity contribution in [3.05, 3.63) is 90.0 Å². The SMILES string of the molecule is O=C(COc1ccc(C(=O)N/N=C\c2ccccn2)cc1)N/N=C\c1ccccn1. The minimum Gasteiger partial charge on any atom is -0.484 e. The van der Waals surface area contributed by atoms with E-state index in [1.165, 1.54) is 12.4 Å². The van der Waals surface area contributed by atoms with Crippen molar-refractivity contribution in [1.82, 2.24) is 20.8 Å². The van der Waals surface area contributed by atoms with Crippen molar-refractivity contribution < 1.29 is 14.3 Å². The summed E-state index contributed by atoms with van der Waals surface area (Å²) >= 11 is 0. The molecule has 150 valence electrons. The van der Waals surface area contributed by atoms with Crippen LogP contribution in [0.4, 0.5) is 0 Å². The van der Waals surface area contributed by atoms with Crippen molar-refractivity contribution >= 4 is 24.2 Å². The van der Waals surface area contributed by atoms with Crippen molar-refractivity contribution in [2.45, 2.75) is 0 Å². The van der Waals surface area contributed by atoms with Gasteiger partial charge in [0, 0.05) is 18.0 Å². The first-order chi connectivity index (χ1) is 14.7. The Morgan fingerprint density at radius 1 is 0.833 bits per heavy atom. The van der Waals surface area contributed by atoms with Gasteiger partial charge in [0.1, 0.15) is 5.75 Å². The second-order valence-corrected chi connectivity index (χ2v) is 5.81.